The number of fused-ring (bicyclic) bond motifs is 1. The molecule has 1 aromatic heterocycles. The molecule has 1 amide bonds. The van der Waals surface area contributed by atoms with Gasteiger partial charge in [-0.25, -0.2) is 4.98 Å². The molecular formula is C30H28N2O6S. The van der Waals surface area contributed by atoms with Crippen molar-refractivity contribution in [2.45, 2.75) is 26.8 Å². The Bertz CT molecular complexity index is 1670. The number of rotatable bonds is 6. The molecule has 9 heteroatoms. The molecule has 1 atom stereocenters. The van der Waals surface area contributed by atoms with Gasteiger partial charge in [0.1, 0.15) is 29.0 Å². The molecule has 0 unspecified atom stereocenters. The highest BCUT2D eigenvalue weighted by molar-refractivity contribution is 7.22. The smallest absolute Gasteiger partial charge is 0.301 e. The number of nitrogens with zero attached hydrogens (tertiary/aromatic N) is 2. The number of ketones is 1. The van der Waals surface area contributed by atoms with Crippen LogP contribution in [-0.4, -0.2) is 43.1 Å². The molecule has 4 aromatic rings. The van der Waals surface area contributed by atoms with Gasteiger partial charge in [0, 0.05) is 11.1 Å². The molecular weight excluding hydrogens is 516 g/mol. The summed E-state index contributed by atoms with van der Waals surface area (Å²) in [5.74, 6) is -0.332. The van der Waals surface area contributed by atoms with Crippen molar-refractivity contribution in [1.82, 2.24) is 4.98 Å². The van der Waals surface area contributed by atoms with Crippen molar-refractivity contribution in [3.63, 3.8) is 0 Å². The largest absolute Gasteiger partial charge is 0.507 e. The Kier molecular flexibility index (Phi) is 6.78. The van der Waals surface area contributed by atoms with Crippen LogP contribution in [-0.2, 0) is 9.59 Å². The Morgan fingerprint density at radius 3 is 2.28 bits per heavy atom. The van der Waals surface area contributed by atoms with Crippen LogP contribution in [0.15, 0.2) is 54.1 Å². The van der Waals surface area contributed by atoms with E-state index in [1.165, 1.54) is 30.5 Å². The van der Waals surface area contributed by atoms with Crippen LogP contribution in [0.2, 0.25) is 0 Å². The van der Waals surface area contributed by atoms with Crippen LogP contribution in [0.4, 0.5) is 5.13 Å². The molecule has 1 fully saturated rings. The molecule has 0 saturated carbocycles. The number of benzene rings is 3. The lowest BCUT2D eigenvalue weighted by molar-refractivity contribution is -0.132. The molecule has 8 nitrogen and oxygen atoms in total. The van der Waals surface area contributed by atoms with Gasteiger partial charge in [-0.1, -0.05) is 17.4 Å². The molecule has 1 aliphatic rings. The highest BCUT2D eigenvalue weighted by Crippen LogP contribution is 2.47. The average Bonchev–Trinajstić information content (AvgIpc) is 3.46. The molecule has 0 bridgehead atoms. The molecule has 0 radical (unpaired) electrons. The van der Waals surface area contributed by atoms with E-state index in [0.717, 1.165) is 26.9 Å². The van der Waals surface area contributed by atoms with Gasteiger partial charge in [0.25, 0.3) is 5.78 Å². The third kappa shape index (κ3) is 4.38. The Hall–Kier alpha value is -4.37. The molecule has 0 spiro atoms. The van der Waals surface area contributed by atoms with Crippen LogP contribution in [0.5, 0.6) is 17.2 Å². The van der Waals surface area contributed by atoms with Crippen molar-refractivity contribution in [3.8, 4) is 17.2 Å². The third-order valence-corrected chi connectivity index (χ3v) is 7.87. The first-order chi connectivity index (χ1) is 18.7. The summed E-state index contributed by atoms with van der Waals surface area (Å²) in [6.45, 7) is 5.79. The number of methoxy groups -OCH3 is 3. The van der Waals surface area contributed by atoms with Gasteiger partial charge in [0.2, 0.25) is 0 Å². The lowest BCUT2D eigenvalue weighted by Gasteiger charge is -2.25. The van der Waals surface area contributed by atoms with Crippen molar-refractivity contribution >= 4 is 44.1 Å². The van der Waals surface area contributed by atoms with Gasteiger partial charge in [-0.3, -0.25) is 14.5 Å². The Balaban J connectivity index is 1.79. The number of aliphatic hydroxyl groups excluding tert-OH is 1. The maximum atomic E-state index is 13.7. The topological polar surface area (TPSA) is 98.2 Å². The summed E-state index contributed by atoms with van der Waals surface area (Å²) in [4.78, 5) is 33.5. The number of anilines is 1. The highest BCUT2D eigenvalue weighted by atomic mass is 32.1. The molecule has 1 N–H and O–H groups in total. The van der Waals surface area contributed by atoms with Crippen molar-refractivity contribution in [2.75, 3.05) is 26.2 Å². The summed E-state index contributed by atoms with van der Waals surface area (Å²) in [6.07, 6.45) is 0. The van der Waals surface area contributed by atoms with E-state index >= 15 is 0 Å². The quantitative estimate of drug-likeness (QED) is 0.184. The molecule has 39 heavy (non-hydrogen) atoms. The van der Waals surface area contributed by atoms with E-state index in [-0.39, 0.29) is 11.3 Å². The standard InChI is InChI=1S/C30H28N2O6S/c1-15-11-17(3)25-23(12-15)39-30(31-25)32-26(20-14-19(36-4)8-10-22(20)38-6)24(28(34)29(32)35)27(33)18-7-9-21(37-5)16(2)13-18/h7-14,26,33H,1-6H3/b27-24+/t26-/m0/s1. The Labute approximate surface area is 230 Å². The van der Waals surface area contributed by atoms with Gasteiger partial charge < -0.3 is 19.3 Å². The van der Waals surface area contributed by atoms with E-state index in [1.54, 1.807) is 43.5 Å². The first kappa shape index (κ1) is 26.2. The molecule has 5 rings (SSSR count). The van der Waals surface area contributed by atoms with Gasteiger partial charge in [0.05, 0.1) is 37.1 Å². The number of amides is 1. The normalized spacial score (nSPS) is 16.7. The van der Waals surface area contributed by atoms with Crippen LogP contribution in [0.1, 0.15) is 33.9 Å². The number of carbonyl (C=O) groups excluding carboxylic acids is 2. The lowest BCUT2D eigenvalue weighted by atomic mass is 9.94. The fourth-order valence-electron chi connectivity index (χ4n) is 5.02. The number of hydrogen-bond donors (Lipinski definition) is 1. The van der Waals surface area contributed by atoms with Gasteiger partial charge in [-0.05, 0) is 79.9 Å². The monoisotopic (exact) mass is 544 g/mol. The number of aliphatic hydroxyl groups is 1. The molecule has 2 heterocycles. The number of carbonyl (C=O) groups is 2. The van der Waals surface area contributed by atoms with E-state index < -0.39 is 17.7 Å². The number of ether oxygens (including phenoxy) is 3. The molecule has 1 aliphatic heterocycles. The van der Waals surface area contributed by atoms with Crippen LogP contribution < -0.4 is 19.1 Å². The predicted molar refractivity (Wildman–Crippen MR) is 151 cm³/mol. The van der Waals surface area contributed by atoms with Gasteiger partial charge >= 0.3 is 5.91 Å². The summed E-state index contributed by atoms with van der Waals surface area (Å²) in [6, 6.07) is 13.2. The maximum Gasteiger partial charge on any atom is 0.301 e. The van der Waals surface area contributed by atoms with E-state index in [0.29, 0.717) is 33.5 Å². The zero-order valence-electron chi connectivity index (χ0n) is 22.5. The van der Waals surface area contributed by atoms with Crippen molar-refractivity contribution in [2.24, 2.45) is 0 Å². The highest BCUT2D eigenvalue weighted by Gasteiger charge is 2.49. The first-order valence-corrected chi connectivity index (χ1v) is 13.1. The van der Waals surface area contributed by atoms with Crippen LogP contribution in [0.25, 0.3) is 16.0 Å². The van der Waals surface area contributed by atoms with E-state index in [1.807, 2.05) is 32.9 Å². The summed E-state index contributed by atoms with van der Waals surface area (Å²) in [5, 5.41) is 11.9. The van der Waals surface area contributed by atoms with Crippen LogP contribution in [0, 0.1) is 20.8 Å². The zero-order valence-corrected chi connectivity index (χ0v) is 23.3. The molecule has 0 aliphatic carbocycles. The molecule has 1 saturated heterocycles. The maximum absolute atomic E-state index is 13.7. The SMILES string of the molecule is COc1ccc(OC)c([C@H]2/C(=C(\O)c3ccc(OC)c(C)c3)C(=O)C(=O)N2c2nc3c(C)cc(C)cc3s2)c1. The van der Waals surface area contributed by atoms with Crippen molar-refractivity contribution in [3.05, 3.63) is 81.9 Å². The van der Waals surface area contributed by atoms with E-state index in [4.69, 9.17) is 19.2 Å². The summed E-state index contributed by atoms with van der Waals surface area (Å²) >= 11 is 1.32. The Morgan fingerprint density at radius 1 is 0.897 bits per heavy atom. The number of Topliss-reactive ketones (excluding diaryl/α,β-unsaturated/α-hetero) is 1. The third-order valence-electron chi connectivity index (χ3n) is 6.87. The minimum Gasteiger partial charge on any atom is -0.507 e. The van der Waals surface area contributed by atoms with E-state index in [9.17, 15) is 14.7 Å². The number of aryl methyl sites for hydroxylation is 3. The fraction of sp³-hybridized carbons (Fsp3) is 0.233. The first-order valence-electron chi connectivity index (χ1n) is 12.2. The minimum atomic E-state index is -1.01. The van der Waals surface area contributed by atoms with Crippen molar-refractivity contribution < 1.29 is 28.9 Å². The lowest BCUT2D eigenvalue weighted by Crippen LogP contribution is -2.29. The number of aromatic nitrogens is 1. The summed E-state index contributed by atoms with van der Waals surface area (Å²) in [5.41, 5.74) is 4.35. The van der Waals surface area contributed by atoms with Gasteiger partial charge in [-0.15, -0.1) is 0 Å². The summed E-state index contributed by atoms with van der Waals surface area (Å²) < 4.78 is 17.3. The van der Waals surface area contributed by atoms with E-state index in [2.05, 4.69) is 0 Å². The average molecular weight is 545 g/mol. The minimum absolute atomic E-state index is 0.0664. The molecule has 3 aromatic carbocycles. The Morgan fingerprint density at radius 2 is 1.62 bits per heavy atom. The summed E-state index contributed by atoms with van der Waals surface area (Å²) in [7, 11) is 4.60. The number of thiazole rings is 1. The second-order valence-electron chi connectivity index (χ2n) is 9.39. The van der Waals surface area contributed by atoms with Crippen molar-refractivity contribution in [1.29, 1.82) is 0 Å². The predicted octanol–water partition coefficient (Wildman–Crippen LogP) is 5.87. The van der Waals surface area contributed by atoms with Gasteiger partial charge in [-0.2, -0.15) is 0 Å². The van der Waals surface area contributed by atoms with Crippen LogP contribution in [0.3, 0.4) is 0 Å². The molecule has 200 valence electrons. The second-order valence-corrected chi connectivity index (χ2v) is 10.4. The number of hydrogen-bond acceptors (Lipinski definition) is 8. The van der Waals surface area contributed by atoms with Gasteiger partial charge in [0.15, 0.2) is 5.13 Å². The second kappa shape index (κ2) is 10.1. The van der Waals surface area contributed by atoms with Crippen LogP contribution >= 0.6 is 11.3 Å². The zero-order chi connectivity index (χ0) is 28.0. The fourth-order valence-corrected chi connectivity index (χ4v) is 6.19.